The molecule has 0 aliphatic heterocycles. The van der Waals surface area contributed by atoms with E-state index >= 15 is 0 Å². The molecule has 1 unspecified atom stereocenters. The molecule has 0 aromatic carbocycles. The van der Waals surface area contributed by atoms with Gasteiger partial charge in [0.25, 0.3) is 0 Å². The summed E-state index contributed by atoms with van der Waals surface area (Å²) in [5.41, 5.74) is 5.17. The Morgan fingerprint density at radius 3 is 2.42 bits per heavy atom. The molecule has 74 valence electrons. The summed E-state index contributed by atoms with van der Waals surface area (Å²) >= 11 is 0. The molecule has 3 nitrogen and oxygen atoms in total. The Morgan fingerprint density at radius 1 is 1.42 bits per heavy atom. The zero-order valence-corrected chi connectivity index (χ0v) is 6.47. The average molecular weight is 187 g/mol. The quantitative estimate of drug-likeness (QED) is 0.607. The molecule has 0 bridgehead atoms. The summed E-state index contributed by atoms with van der Waals surface area (Å²) in [7, 11) is 0. The molecule has 0 aromatic heterocycles. The molecule has 0 rings (SSSR count). The van der Waals surface area contributed by atoms with Gasteiger partial charge in [0.05, 0.1) is 32.3 Å². The van der Waals surface area contributed by atoms with Gasteiger partial charge in [-0.25, -0.2) is 0 Å². The van der Waals surface area contributed by atoms with E-state index in [0.29, 0.717) is 0 Å². The molecule has 0 aliphatic rings. The molecular formula is C6H12F3NO2. The molecule has 0 saturated carbocycles. The third-order valence-electron chi connectivity index (χ3n) is 1.10. The number of hydrogen-bond acceptors (Lipinski definition) is 3. The fraction of sp³-hybridized carbons (Fsp3) is 1.00. The van der Waals surface area contributed by atoms with Gasteiger partial charge in [-0.15, -0.1) is 0 Å². The van der Waals surface area contributed by atoms with E-state index in [9.17, 15) is 13.2 Å². The predicted molar refractivity (Wildman–Crippen MR) is 36.6 cm³/mol. The van der Waals surface area contributed by atoms with Crippen molar-refractivity contribution in [3.8, 4) is 0 Å². The second-order valence-corrected chi connectivity index (χ2v) is 2.38. The Labute approximate surface area is 68.3 Å². The fourth-order valence-electron chi connectivity index (χ4n) is 0.475. The van der Waals surface area contributed by atoms with Gasteiger partial charge in [-0.2, -0.15) is 13.2 Å². The highest BCUT2D eigenvalue weighted by Gasteiger charge is 2.26. The van der Waals surface area contributed by atoms with Gasteiger partial charge in [-0.1, -0.05) is 0 Å². The summed E-state index contributed by atoms with van der Waals surface area (Å²) in [5.74, 6) is 0. The van der Waals surface area contributed by atoms with Gasteiger partial charge in [0.15, 0.2) is 0 Å². The minimum absolute atomic E-state index is 0.0490. The van der Waals surface area contributed by atoms with Crippen LogP contribution in [0.4, 0.5) is 13.2 Å². The standard InChI is InChI=1S/C6H12F3NO2/c7-6(8,9)1-2-12-4-5(10)3-11/h5,11H,1-4,10H2. The van der Waals surface area contributed by atoms with Crippen LogP contribution in [0.1, 0.15) is 6.42 Å². The van der Waals surface area contributed by atoms with Crippen LogP contribution in [0.3, 0.4) is 0 Å². The van der Waals surface area contributed by atoms with Crippen molar-refractivity contribution in [2.75, 3.05) is 19.8 Å². The predicted octanol–water partition coefficient (Wildman–Crippen LogP) is 0.275. The van der Waals surface area contributed by atoms with Crippen molar-refractivity contribution >= 4 is 0 Å². The molecule has 0 amide bonds. The molecule has 0 heterocycles. The Bertz CT molecular complexity index is 118. The van der Waals surface area contributed by atoms with Crippen molar-refractivity contribution in [1.29, 1.82) is 0 Å². The first-order valence-electron chi connectivity index (χ1n) is 3.46. The summed E-state index contributed by atoms with van der Waals surface area (Å²) in [4.78, 5) is 0. The van der Waals surface area contributed by atoms with Crippen molar-refractivity contribution in [1.82, 2.24) is 0 Å². The lowest BCUT2D eigenvalue weighted by Gasteiger charge is -2.10. The molecule has 0 fully saturated rings. The summed E-state index contributed by atoms with van der Waals surface area (Å²) in [6, 6.07) is -0.599. The van der Waals surface area contributed by atoms with Gasteiger partial charge in [0, 0.05) is 0 Å². The largest absolute Gasteiger partial charge is 0.395 e. The maximum absolute atomic E-state index is 11.5. The number of hydrogen-bond donors (Lipinski definition) is 2. The number of nitrogens with two attached hydrogens (primary N) is 1. The van der Waals surface area contributed by atoms with E-state index in [1.54, 1.807) is 0 Å². The Balaban J connectivity index is 3.22. The SMILES string of the molecule is NC(CO)COCCC(F)(F)F. The van der Waals surface area contributed by atoms with Crippen molar-refractivity contribution in [3.63, 3.8) is 0 Å². The van der Waals surface area contributed by atoms with Crippen LogP contribution >= 0.6 is 0 Å². The Morgan fingerprint density at radius 2 is 2.00 bits per heavy atom. The van der Waals surface area contributed by atoms with Gasteiger partial charge in [-0.3, -0.25) is 0 Å². The molecule has 0 spiro atoms. The highest BCUT2D eigenvalue weighted by atomic mass is 19.4. The number of alkyl halides is 3. The highest BCUT2D eigenvalue weighted by molar-refractivity contribution is 4.56. The van der Waals surface area contributed by atoms with E-state index in [4.69, 9.17) is 10.8 Å². The molecule has 0 aromatic rings. The van der Waals surface area contributed by atoms with E-state index < -0.39 is 25.2 Å². The molecule has 12 heavy (non-hydrogen) atoms. The smallest absolute Gasteiger partial charge is 0.391 e. The van der Waals surface area contributed by atoms with Gasteiger partial charge in [-0.05, 0) is 0 Å². The molecular weight excluding hydrogens is 175 g/mol. The Hall–Kier alpha value is -0.330. The zero-order chi connectivity index (χ0) is 9.61. The number of halogens is 3. The van der Waals surface area contributed by atoms with Gasteiger partial charge in [0.1, 0.15) is 0 Å². The number of ether oxygens (including phenoxy) is 1. The maximum atomic E-state index is 11.5. The van der Waals surface area contributed by atoms with Crippen LogP contribution in [0.5, 0.6) is 0 Å². The zero-order valence-electron chi connectivity index (χ0n) is 6.47. The average Bonchev–Trinajstić information content (AvgIpc) is 1.96. The minimum atomic E-state index is -4.19. The first kappa shape index (κ1) is 11.7. The number of rotatable bonds is 5. The van der Waals surface area contributed by atoms with Crippen LogP contribution in [-0.4, -0.2) is 37.1 Å². The van der Waals surface area contributed by atoms with Crippen LogP contribution in [-0.2, 0) is 4.74 Å². The van der Waals surface area contributed by atoms with Crippen molar-refractivity contribution in [3.05, 3.63) is 0 Å². The monoisotopic (exact) mass is 187 g/mol. The summed E-state index contributed by atoms with van der Waals surface area (Å²) in [6.07, 6.45) is -5.17. The lowest BCUT2D eigenvalue weighted by molar-refractivity contribution is -0.145. The van der Waals surface area contributed by atoms with Crippen LogP contribution in [0.15, 0.2) is 0 Å². The topological polar surface area (TPSA) is 55.5 Å². The summed E-state index contributed by atoms with van der Waals surface area (Å²) in [6.45, 7) is -0.740. The van der Waals surface area contributed by atoms with E-state index in [-0.39, 0.29) is 13.2 Å². The molecule has 1 atom stereocenters. The van der Waals surface area contributed by atoms with E-state index in [2.05, 4.69) is 4.74 Å². The number of aliphatic hydroxyl groups is 1. The second kappa shape index (κ2) is 5.34. The fourth-order valence-corrected chi connectivity index (χ4v) is 0.475. The molecule has 0 radical (unpaired) electrons. The molecule has 3 N–H and O–H groups in total. The molecule has 0 aliphatic carbocycles. The first-order valence-corrected chi connectivity index (χ1v) is 3.46. The van der Waals surface area contributed by atoms with Crippen LogP contribution in [0.25, 0.3) is 0 Å². The van der Waals surface area contributed by atoms with Gasteiger partial charge < -0.3 is 15.6 Å². The van der Waals surface area contributed by atoms with Crippen LogP contribution in [0.2, 0.25) is 0 Å². The highest BCUT2D eigenvalue weighted by Crippen LogP contribution is 2.18. The lowest BCUT2D eigenvalue weighted by Crippen LogP contribution is -2.30. The van der Waals surface area contributed by atoms with Crippen molar-refractivity contribution in [2.24, 2.45) is 5.73 Å². The Kier molecular flexibility index (Phi) is 5.19. The second-order valence-electron chi connectivity index (χ2n) is 2.38. The summed E-state index contributed by atoms with van der Waals surface area (Å²) < 4.78 is 39.1. The van der Waals surface area contributed by atoms with E-state index in [1.165, 1.54) is 0 Å². The molecule has 0 saturated heterocycles. The molecule has 6 heteroatoms. The van der Waals surface area contributed by atoms with Gasteiger partial charge >= 0.3 is 6.18 Å². The van der Waals surface area contributed by atoms with Crippen LogP contribution < -0.4 is 5.73 Å². The third kappa shape index (κ3) is 7.77. The normalized spacial score (nSPS) is 14.8. The first-order chi connectivity index (χ1) is 5.45. The van der Waals surface area contributed by atoms with Crippen molar-refractivity contribution < 1.29 is 23.0 Å². The third-order valence-corrected chi connectivity index (χ3v) is 1.10. The van der Waals surface area contributed by atoms with Crippen molar-refractivity contribution in [2.45, 2.75) is 18.6 Å². The lowest BCUT2D eigenvalue weighted by atomic mass is 10.4. The van der Waals surface area contributed by atoms with E-state index in [1.807, 2.05) is 0 Å². The van der Waals surface area contributed by atoms with Gasteiger partial charge in [0.2, 0.25) is 0 Å². The minimum Gasteiger partial charge on any atom is -0.395 e. The maximum Gasteiger partial charge on any atom is 0.391 e. The van der Waals surface area contributed by atoms with E-state index in [0.717, 1.165) is 0 Å². The number of aliphatic hydroxyl groups excluding tert-OH is 1. The summed E-state index contributed by atoms with van der Waals surface area (Å²) in [5, 5.41) is 8.37. The van der Waals surface area contributed by atoms with Crippen LogP contribution in [0, 0.1) is 0 Å².